The highest BCUT2D eigenvalue weighted by molar-refractivity contribution is 14.0. The van der Waals surface area contributed by atoms with Gasteiger partial charge in [0.05, 0.1) is 13.2 Å². The van der Waals surface area contributed by atoms with Crippen molar-refractivity contribution in [3.63, 3.8) is 0 Å². The zero-order chi connectivity index (χ0) is 21.4. The van der Waals surface area contributed by atoms with Crippen molar-refractivity contribution >= 4 is 53.1 Å². The Labute approximate surface area is 206 Å². The van der Waals surface area contributed by atoms with Crippen LogP contribution >= 0.6 is 35.6 Å². The molecule has 2 aliphatic rings. The Kier molecular flexibility index (Phi) is 10.6. The Bertz CT molecular complexity index is 720. The molecule has 0 radical (unpaired) electrons. The molecule has 3 rings (SSSR count). The van der Waals surface area contributed by atoms with Crippen LogP contribution in [0.5, 0.6) is 0 Å². The number of aliphatic hydroxyl groups excluding tert-OH is 1. The van der Waals surface area contributed by atoms with Gasteiger partial charge in [0, 0.05) is 69.1 Å². The second kappa shape index (κ2) is 12.7. The van der Waals surface area contributed by atoms with Crippen molar-refractivity contribution in [3.05, 3.63) is 29.3 Å². The lowest BCUT2D eigenvalue weighted by Gasteiger charge is -2.36. The fraction of sp³-hybridized carbons (Fsp3) is 0.619. The number of aliphatic hydroxyl groups is 1. The van der Waals surface area contributed by atoms with Gasteiger partial charge >= 0.3 is 0 Å². The third kappa shape index (κ3) is 7.37. The minimum Gasteiger partial charge on any atom is -0.396 e. The summed E-state index contributed by atoms with van der Waals surface area (Å²) in [7, 11) is 1.69. The van der Waals surface area contributed by atoms with Crippen LogP contribution in [0.25, 0.3) is 0 Å². The molecule has 0 saturated carbocycles. The van der Waals surface area contributed by atoms with E-state index in [1.807, 2.05) is 29.2 Å². The predicted octanol–water partition coefficient (Wildman–Crippen LogP) is 1.56. The SMILES string of the molecule is CN=C(NCC(=O)N1CCN(c2ccc(Cl)cc2)CC1)NCC1(CCO)CCOC1.I. The van der Waals surface area contributed by atoms with Crippen LogP contribution in [-0.2, 0) is 9.53 Å². The van der Waals surface area contributed by atoms with Gasteiger partial charge in [-0.05, 0) is 37.1 Å². The number of nitrogens with one attached hydrogen (secondary N) is 2. The highest BCUT2D eigenvalue weighted by Gasteiger charge is 2.34. The van der Waals surface area contributed by atoms with Gasteiger partial charge in [-0.1, -0.05) is 11.6 Å². The number of amides is 1. The van der Waals surface area contributed by atoms with Gasteiger partial charge in [0.1, 0.15) is 0 Å². The second-order valence-corrected chi connectivity index (χ2v) is 8.34. The van der Waals surface area contributed by atoms with E-state index < -0.39 is 0 Å². The second-order valence-electron chi connectivity index (χ2n) is 7.90. The predicted molar refractivity (Wildman–Crippen MR) is 135 cm³/mol. The van der Waals surface area contributed by atoms with E-state index in [9.17, 15) is 9.90 Å². The molecule has 1 aromatic carbocycles. The summed E-state index contributed by atoms with van der Waals surface area (Å²) < 4.78 is 5.52. The van der Waals surface area contributed by atoms with Crippen LogP contribution in [-0.4, -0.2) is 88.0 Å². The molecule has 8 nitrogen and oxygen atoms in total. The Balaban J connectivity index is 0.00000341. The van der Waals surface area contributed by atoms with Crippen molar-refractivity contribution in [2.24, 2.45) is 10.4 Å². The van der Waals surface area contributed by atoms with E-state index in [0.29, 0.717) is 45.2 Å². The minimum absolute atomic E-state index is 0. The first-order chi connectivity index (χ1) is 14.5. The fourth-order valence-electron chi connectivity index (χ4n) is 3.94. The number of carbonyl (C=O) groups is 1. The molecule has 2 saturated heterocycles. The molecular weight excluding hydrogens is 533 g/mol. The summed E-state index contributed by atoms with van der Waals surface area (Å²) in [6, 6.07) is 7.80. The zero-order valence-corrected chi connectivity index (χ0v) is 21.1. The molecule has 0 aliphatic carbocycles. The van der Waals surface area contributed by atoms with Gasteiger partial charge in [0.25, 0.3) is 0 Å². The summed E-state index contributed by atoms with van der Waals surface area (Å²) in [5.74, 6) is 0.648. The third-order valence-corrected chi connectivity index (χ3v) is 6.16. The molecule has 0 bridgehead atoms. The number of guanidine groups is 1. The molecule has 0 aromatic heterocycles. The Morgan fingerprint density at radius 3 is 2.52 bits per heavy atom. The smallest absolute Gasteiger partial charge is 0.242 e. The number of ether oxygens (including phenoxy) is 1. The number of aliphatic imine (C=N–C) groups is 1. The van der Waals surface area contributed by atoms with Crippen molar-refractivity contribution in [2.75, 3.05) is 71.0 Å². The van der Waals surface area contributed by atoms with Crippen molar-refractivity contribution in [3.8, 4) is 0 Å². The quantitative estimate of drug-likeness (QED) is 0.264. The van der Waals surface area contributed by atoms with E-state index in [1.165, 1.54) is 0 Å². The molecule has 10 heteroatoms. The summed E-state index contributed by atoms with van der Waals surface area (Å²) in [5.41, 5.74) is 1.05. The van der Waals surface area contributed by atoms with Gasteiger partial charge in [-0.15, -0.1) is 24.0 Å². The zero-order valence-electron chi connectivity index (χ0n) is 18.0. The lowest BCUT2D eigenvalue weighted by molar-refractivity contribution is -0.130. The van der Waals surface area contributed by atoms with Crippen LogP contribution in [0, 0.1) is 5.41 Å². The first-order valence-electron chi connectivity index (χ1n) is 10.5. The molecule has 1 atom stereocenters. The Hall–Kier alpha value is -1.30. The van der Waals surface area contributed by atoms with Crippen LogP contribution < -0.4 is 15.5 Å². The summed E-state index contributed by atoms with van der Waals surface area (Å²) in [5, 5.41) is 16.5. The minimum atomic E-state index is -0.0750. The molecule has 3 N–H and O–H groups in total. The monoisotopic (exact) mass is 565 g/mol. The molecule has 1 amide bonds. The molecule has 1 unspecified atom stereocenters. The van der Waals surface area contributed by atoms with Crippen LogP contribution in [0.1, 0.15) is 12.8 Å². The van der Waals surface area contributed by atoms with Crippen molar-refractivity contribution in [1.82, 2.24) is 15.5 Å². The number of halogens is 2. The average Bonchev–Trinajstić information content (AvgIpc) is 3.23. The molecule has 31 heavy (non-hydrogen) atoms. The van der Waals surface area contributed by atoms with Crippen molar-refractivity contribution < 1.29 is 14.6 Å². The molecular formula is C21H33ClIN5O3. The van der Waals surface area contributed by atoms with Gasteiger partial charge in [0.2, 0.25) is 5.91 Å². The summed E-state index contributed by atoms with van der Waals surface area (Å²) in [6.45, 7) is 5.30. The molecule has 2 heterocycles. The topological polar surface area (TPSA) is 89.4 Å². The molecule has 2 fully saturated rings. The molecule has 1 aromatic rings. The van der Waals surface area contributed by atoms with E-state index in [-0.39, 0.29) is 48.5 Å². The average molecular weight is 566 g/mol. The number of benzene rings is 1. The van der Waals surface area contributed by atoms with Gasteiger partial charge in [-0.2, -0.15) is 0 Å². The third-order valence-electron chi connectivity index (χ3n) is 5.91. The molecule has 2 aliphatic heterocycles. The lowest BCUT2D eigenvalue weighted by atomic mass is 9.84. The first kappa shape index (κ1) is 26.0. The Morgan fingerprint density at radius 1 is 1.23 bits per heavy atom. The maximum absolute atomic E-state index is 12.6. The maximum Gasteiger partial charge on any atom is 0.242 e. The van der Waals surface area contributed by atoms with E-state index in [1.54, 1.807) is 7.05 Å². The first-order valence-corrected chi connectivity index (χ1v) is 10.8. The number of hydrogen-bond acceptors (Lipinski definition) is 5. The van der Waals surface area contributed by atoms with Gasteiger partial charge in [0.15, 0.2) is 5.96 Å². The van der Waals surface area contributed by atoms with E-state index in [4.69, 9.17) is 16.3 Å². The molecule has 174 valence electrons. The van der Waals surface area contributed by atoms with Gasteiger partial charge < -0.3 is 30.3 Å². The fourth-order valence-corrected chi connectivity index (χ4v) is 4.07. The molecule has 0 spiro atoms. The number of nitrogens with zero attached hydrogens (tertiary/aromatic N) is 3. The van der Waals surface area contributed by atoms with Crippen LogP contribution in [0.2, 0.25) is 5.02 Å². The summed E-state index contributed by atoms with van der Waals surface area (Å²) in [4.78, 5) is 21.0. The Morgan fingerprint density at radius 2 is 1.94 bits per heavy atom. The van der Waals surface area contributed by atoms with E-state index in [2.05, 4.69) is 20.5 Å². The lowest BCUT2D eigenvalue weighted by Crippen LogP contribution is -2.52. The normalized spacial score (nSPS) is 21.6. The van der Waals surface area contributed by atoms with Crippen LogP contribution in [0.4, 0.5) is 5.69 Å². The van der Waals surface area contributed by atoms with Crippen LogP contribution in [0.3, 0.4) is 0 Å². The van der Waals surface area contributed by atoms with E-state index in [0.717, 1.165) is 30.2 Å². The standard InChI is InChI=1S/C21H32ClN5O3.HI/c1-23-20(25-15-21(6-12-28)7-13-30-16-21)24-14-19(29)27-10-8-26(9-11-27)18-4-2-17(22)3-5-18;/h2-5,28H,6-16H2,1H3,(H2,23,24,25);1H. The maximum atomic E-state index is 12.6. The highest BCUT2D eigenvalue weighted by atomic mass is 127. The van der Waals surface area contributed by atoms with Crippen molar-refractivity contribution in [1.29, 1.82) is 0 Å². The number of piperazine rings is 1. The van der Waals surface area contributed by atoms with E-state index >= 15 is 0 Å². The van der Waals surface area contributed by atoms with Crippen LogP contribution in [0.15, 0.2) is 29.3 Å². The van der Waals surface area contributed by atoms with Gasteiger partial charge in [-0.25, -0.2) is 0 Å². The number of carbonyl (C=O) groups excluding carboxylic acids is 1. The largest absolute Gasteiger partial charge is 0.396 e. The summed E-state index contributed by atoms with van der Waals surface area (Å²) >= 11 is 5.96. The van der Waals surface area contributed by atoms with Crippen molar-refractivity contribution in [2.45, 2.75) is 12.8 Å². The summed E-state index contributed by atoms with van der Waals surface area (Å²) in [6.07, 6.45) is 1.60. The van der Waals surface area contributed by atoms with Gasteiger partial charge in [-0.3, -0.25) is 9.79 Å². The number of anilines is 1. The number of hydrogen-bond donors (Lipinski definition) is 3. The highest BCUT2D eigenvalue weighted by Crippen LogP contribution is 2.31. The number of rotatable bonds is 7.